The van der Waals surface area contributed by atoms with Crippen LogP contribution in [0.4, 0.5) is 0 Å². The molecule has 0 N–H and O–H groups in total. The highest BCUT2D eigenvalue weighted by atomic mass is 16.5. The van der Waals surface area contributed by atoms with Gasteiger partial charge in [0.25, 0.3) is 0 Å². The second-order valence-electron chi connectivity index (χ2n) is 5.61. The lowest BCUT2D eigenvalue weighted by molar-refractivity contribution is 0.306. The molecule has 3 nitrogen and oxygen atoms in total. The van der Waals surface area contributed by atoms with E-state index in [1.807, 2.05) is 30.1 Å². The lowest BCUT2D eigenvalue weighted by Gasteiger charge is -2.16. The first-order valence-corrected chi connectivity index (χ1v) is 7.64. The molecule has 0 unspecified atom stereocenters. The maximum Gasteiger partial charge on any atom is 0.119 e. The molecule has 0 aliphatic rings. The van der Waals surface area contributed by atoms with E-state index in [0.29, 0.717) is 18.7 Å². The van der Waals surface area contributed by atoms with Gasteiger partial charge in [0.2, 0.25) is 0 Å². The van der Waals surface area contributed by atoms with Crippen LogP contribution < -0.4 is 4.74 Å². The van der Waals surface area contributed by atoms with Crippen LogP contribution in [-0.2, 0) is 6.61 Å². The Labute approximate surface area is 143 Å². The topological polar surface area (TPSA) is 36.3 Å². The van der Waals surface area contributed by atoms with Crippen LogP contribution in [0.15, 0.2) is 55.1 Å². The average Bonchev–Trinajstić information content (AvgIpc) is 2.61. The van der Waals surface area contributed by atoms with Crippen molar-refractivity contribution in [1.29, 1.82) is 5.26 Å². The fourth-order valence-corrected chi connectivity index (χ4v) is 2.30. The van der Waals surface area contributed by atoms with Crippen LogP contribution in [0.3, 0.4) is 0 Å². The molecule has 0 saturated heterocycles. The van der Waals surface area contributed by atoms with Crippen LogP contribution in [0.25, 0.3) is 5.57 Å². The standard InChI is InChI=1S/C21H20N2O/c1-4-12-23(3)15-17(2)20-7-5-6-19(13-20)16-24-21-10-8-18(14-22)9-11-21/h1,5-11,13H,2,12,15-16H2,3H3. The Morgan fingerprint density at radius 2 is 2.00 bits per heavy atom. The predicted octanol–water partition coefficient (Wildman–Crippen LogP) is 3.72. The molecule has 2 aromatic rings. The maximum absolute atomic E-state index is 8.80. The van der Waals surface area contributed by atoms with E-state index in [0.717, 1.165) is 29.0 Å². The first kappa shape index (κ1) is 17.3. The smallest absolute Gasteiger partial charge is 0.119 e. The van der Waals surface area contributed by atoms with E-state index in [1.165, 1.54) is 0 Å². The van der Waals surface area contributed by atoms with Gasteiger partial charge in [-0.1, -0.05) is 30.7 Å². The van der Waals surface area contributed by atoms with Gasteiger partial charge in [0.05, 0.1) is 18.2 Å². The van der Waals surface area contributed by atoms with Crippen molar-refractivity contribution in [3.8, 4) is 24.2 Å². The lowest BCUT2D eigenvalue weighted by atomic mass is 10.0. The third-order valence-corrected chi connectivity index (χ3v) is 3.55. The van der Waals surface area contributed by atoms with Crippen LogP contribution in [0, 0.1) is 23.7 Å². The molecule has 0 radical (unpaired) electrons. The quantitative estimate of drug-likeness (QED) is 0.731. The summed E-state index contributed by atoms with van der Waals surface area (Å²) in [6.07, 6.45) is 5.33. The molecule has 0 amide bonds. The summed E-state index contributed by atoms with van der Waals surface area (Å²) in [4.78, 5) is 2.04. The number of nitriles is 1. The summed E-state index contributed by atoms with van der Waals surface area (Å²) in [6, 6.07) is 17.3. The molecular weight excluding hydrogens is 296 g/mol. The zero-order valence-corrected chi connectivity index (χ0v) is 13.8. The van der Waals surface area contributed by atoms with Crippen molar-refractivity contribution in [3.05, 3.63) is 71.8 Å². The SMILES string of the molecule is C#CCN(C)CC(=C)c1cccc(COc2ccc(C#N)cc2)c1. The maximum atomic E-state index is 8.80. The Hall–Kier alpha value is -3.01. The highest BCUT2D eigenvalue weighted by molar-refractivity contribution is 5.65. The van der Waals surface area contributed by atoms with Gasteiger partial charge >= 0.3 is 0 Å². The summed E-state index contributed by atoms with van der Waals surface area (Å²) in [5.41, 5.74) is 3.79. The molecule has 0 saturated carbocycles. The normalized spacial score (nSPS) is 10.0. The van der Waals surface area contributed by atoms with Gasteiger partial charge in [-0.05, 0) is 54.1 Å². The van der Waals surface area contributed by atoms with Crippen LogP contribution in [0.5, 0.6) is 5.75 Å². The van der Waals surface area contributed by atoms with Crippen LogP contribution in [-0.4, -0.2) is 25.0 Å². The zero-order chi connectivity index (χ0) is 17.4. The molecule has 2 aromatic carbocycles. The predicted molar refractivity (Wildman–Crippen MR) is 97.3 cm³/mol. The van der Waals surface area contributed by atoms with Crippen molar-refractivity contribution in [2.24, 2.45) is 0 Å². The van der Waals surface area contributed by atoms with E-state index in [4.69, 9.17) is 16.4 Å². The Morgan fingerprint density at radius 3 is 2.67 bits per heavy atom. The highest BCUT2D eigenvalue weighted by Crippen LogP contribution is 2.18. The molecule has 0 spiro atoms. The molecule has 0 aliphatic carbocycles. The van der Waals surface area contributed by atoms with Crippen LogP contribution >= 0.6 is 0 Å². The van der Waals surface area contributed by atoms with Gasteiger partial charge in [-0.3, -0.25) is 4.90 Å². The molecule has 0 aliphatic heterocycles. The minimum Gasteiger partial charge on any atom is -0.489 e. The van der Waals surface area contributed by atoms with Gasteiger partial charge in [-0.25, -0.2) is 0 Å². The van der Waals surface area contributed by atoms with E-state index in [1.54, 1.807) is 24.3 Å². The van der Waals surface area contributed by atoms with E-state index < -0.39 is 0 Å². The second kappa shape index (κ2) is 8.58. The van der Waals surface area contributed by atoms with Crippen molar-refractivity contribution in [3.63, 3.8) is 0 Å². The third-order valence-electron chi connectivity index (χ3n) is 3.55. The van der Waals surface area contributed by atoms with Crippen molar-refractivity contribution in [2.75, 3.05) is 20.1 Å². The van der Waals surface area contributed by atoms with Crippen molar-refractivity contribution < 1.29 is 4.74 Å². The molecule has 120 valence electrons. The number of hydrogen-bond donors (Lipinski definition) is 0. The summed E-state index contributed by atoms with van der Waals surface area (Å²) >= 11 is 0. The number of benzene rings is 2. The summed E-state index contributed by atoms with van der Waals surface area (Å²) in [6.45, 7) is 5.93. The first-order chi connectivity index (χ1) is 11.6. The van der Waals surface area contributed by atoms with Crippen molar-refractivity contribution in [1.82, 2.24) is 4.90 Å². The van der Waals surface area contributed by atoms with E-state index in [9.17, 15) is 0 Å². The average molecular weight is 316 g/mol. The van der Waals surface area contributed by atoms with Gasteiger partial charge in [0.15, 0.2) is 0 Å². The highest BCUT2D eigenvalue weighted by Gasteiger charge is 2.04. The van der Waals surface area contributed by atoms with Gasteiger partial charge < -0.3 is 4.74 Å². The van der Waals surface area contributed by atoms with Crippen molar-refractivity contribution >= 4 is 5.57 Å². The largest absolute Gasteiger partial charge is 0.489 e. The van der Waals surface area contributed by atoms with Crippen molar-refractivity contribution in [2.45, 2.75) is 6.61 Å². The molecule has 0 heterocycles. The van der Waals surface area contributed by atoms with Gasteiger partial charge in [0, 0.05) is 6.54 Å². The summed E-state index contributed by atoms with van der Waals surface area (Å²) in [5.74, 6) is 3.37. The van der Waals surface area contributed by atoms with Gasteiger partial charge in [-0.15, -0.1) is 6.42 Å². The Bertz CT molecular complexity index is 779. The fraction of sp³-hybridized carbons (Fsp3) is 0.190. The third kappa shape index (κ3) is 5.02. The number of nitrogens with zero attached hydrogens (tertiary/aromatic N) is 2. The van der Waals surface area contributed by atoms with Crippen LogP contribution in [0.2, 0.25) is 0 Å². The zero-order valence-electron chi connectivity index (χ0n) is 13.8. The molecule has 0 fully saturated rings. The fourth-order valence-electron chi connectivity index (χ4n) is 2.30. The minimum atomic E-state index is 0.465. The number of terminal acetylenes is 1. The number of rotatable bonds is 7. The lowest BCUT2D eigenvalue weighted by Crippen LogP contribution is -2.20. The van der Waals surface area contributed by atoms with E-state index in [2.05, 4.69) is 24.6 Å². The Kier molecular flexibility index (Phi) is 6.20. The van der Waals surface area contributed by atoms with Gasteiger partial charge in [0.1, 0.15) is 12.4 Å². The molecule has 3 heteroatoms. The van der Waals surface area contributed by atoms with Gasteiger partial charge in [-0.2, -0.15) is 5.26 Å². The number of likely N-dealkylation sites (N-methyl/N-ethyl adjacent to an activating group) is 1. The molecule has 2 rings (SSSR count). The summed E-state index contributed by atoms with van der Waals surface area (Å²) in [5, 5.41) is 8.80. The van der Waals surface area contributed by atoms with E-state index >= 15 is 0 Å². The number of ether oxygens (including phenoxy) is 1. The first-order valence-electron chi connectivity index (χ1n) is 7.64. The molecule has 0 aromatic heterocycles. The monoisotopic (exact) mass is 316 g/mol. The Morgan fingerprint density at radius 1 is 1.25 bits per heavy atom. The molecule has 24 heavy (non-hydrogen) atoms. The second-order valence-corrected chi connectivity index (χ2v) is 5.61. The Balaban J connectivity index is 1.98. The molecular formula is C21H20N2O. The van der Waals surface area contributed by atoms with E-state index in [-0.39, 0.29) is 0 Å². The molecule has 0 bridgehead atoms. The summed E-state index contributed by atoms with van der Waals surface area (Å²) < 4.78 is 5.77. The van der Waals surface area contributed by atoms with Crippen LogP contribution in [0.1, 0.15) is 16.7 Å². The summed E-state index contributed by atoms with van der Waals surface area (Å²) in [7, 11) is 1.98. The number of hydrogen-bond acceptors (Lipinski definition) is 3. The minimum absolute atomic E-state index is 0.465. The molecule has 0 atom stereocenters.